The third-order valence-corrected chi connectivity index (χ3v) is 6.79. The summed E-state index contributed by atoms with van der Waals surface area (Å²) in [5.41, 5.74) is 0.728. The van der Waals surface area contributed by atoms with Gasteiger partial charge in [-0.3, -0.25) is 0 Å². The van der Waals surface area contributed by atoms with E-state index in [0.717, 1.165) is 21.8 Å². The summed E-state index contributed by atoms with van der Waals surface area (Å²) in [6, 6.07) is 18.4. The predicted molar refractivity (Wildman–Crippen MR) is 106 cm³/mol. The van der Waals surface area contributed by atoms with Gasteiger partial charge in [0.2, 0.25) is 0 Å². The summed E-state index contributed by atoms with van der Waals surface area (Å²) >= 11 is 3.80. The first-order valence-electron chi connectivity index (χ1n) is 8.43. The van der Waals surface area contributed by atoms with Gasteiger partial charge in [-0.05, 0) is 0 Å². The third kappa shape index (κ3) is 6.80. The predicted octanol–water partition coefficient (Wildman–Crippen LogP) is 4.58. The zero-order chi connectivity index (χ0) is 17.2. The number of amides is 1. The van der Waals surface area contributed by atoms with Crippen LogP contribution < -0.4 is 9.78 Å². The SMILES string of the molecule is CCCCCC(C[Se]c1ccccc1)NC(=O)c1ccc(Br)cc1. The normalized spacial score (nSPS) is 11.9. The molecule has 0 aliphatic rings. The Kier molecular flexibility index (Phi) is 8.58. The summed E-state index contributed by atoms with van der Waals surface area (Å²) in [4.78, 5) is 12.5. The minimum absolute atomic E-state index is 0.0351. The Balaban J connectivity index is 1.93. The molecule has 2 rings (SSSR count). The molecule has 1 amide bonds. The van der Waals surface area contributed by atoms with Crippen LogP contribution in [0.3, 0.4) is 0 Å². The van der Waals surface area contributed by atoms with Gasteiger partial charge in [0.15, 0.2) is 0 Å². The number of nitrogens with one attached hydrogen (secondary N) is 1. The monoisotopic (exact) mass is 453 g/mol. The Hall–Kier alpha value is -1.09. The van der Waals surface area contributed by atoms with E-state index in [1.165, 1.54) is 23.7 Å². The fourth-order valence-corrected chi connectivity index (χ4v) is 4.77. The number of hydrogen-bond donors (Lipinski definition) is 1. The molecule has 128 valence electrons. The minimum atomic E-state index is 0.0351. The molecule has 1 N–H and O–H groups in total. The Bertz CT molecular complexity index is 615. The molecule has 2 nitrogen and oxygen atoms in total. The molecule has 4 heteroatoms. The van der Waals surface area contributed by atoms with Gasteiger partial charge in [-0.25, -0.2) is 0 Å². The first-order chi connectivity index (χ1) is 11.7. The van der Waals surface area contributed by atoms with E-state index in [2.05, 4.69) is 52.4 Å². The summed E-state index contributed by atoms with van der Waals surface area (Å²) in [7, 11) is 0. The van der Waals surface area contributed by atoms with Gasteiger partial charge in [0, 0.05) is 0 Å². The van der Waals surface area contributed by atoms with Crippen LogP contribution in [0.4, 0.5) is 0 Å². The molecule has 0 fully saturated rings. The average molecular weight is 453 g/mol. The second kappa shape index (κ2) is 10.7. The number of hydrogen-bond acceptors (Lipinski definition) is 1. The van der Waals surface area contributed by atoms with Crippen LogP contribution in [-0.2, 0) is 0 Å². The molecule has 0 aliphatic carbocycles. The Morgan fingerprint density at radius 2 is 1.79 bits per heavy atom. The van der Waals surface area contributed by atoms with Crippen molar-refractivity contribution in [3.05, 3.63) is 64.6 Å². The van der Waals surface area contributed by atoms with Gasteiger partial charge in [0.05, 0.1) is 0 Å². The first-order valence-corrected chi connectivity index (χ1v) is 11.3. The standard InChI is InChI=1S/C20H24BrNOSe/c1-2-3-5-8-18(15-24-19-9-6-4-7-10-19)22-20(23)16-11-13-17(21)14-12-16/h4,6-7,9-14,18H,2-3,5,8,15H2,1H3,(H,22,23). The van der Waals surface area contributed by atoms with Crippen LogP contribution in [-0.4, -0.2) is 26.9 Å². The molecule has 0 radical (unpaired) electrons. The number of unbranched alkanes of at least 4 members (excludes halogenated alkanes) is 2. The van der Waals surface area contributed by atoms with Crippen LogP contribution in [0.2, 0.25) is 5.32 Å². The van der Waals surface area contributed by atoms with E-state index in [1.54, 1.807) is 0 Å². The molecular weight excluding hydrogens is 429 g/mol. The molecular formula is C20H24BrNOSe. The Labute approximate surface area is 159 Å². The van der Waals surface area contributed by atoms with Crippen LogP contribution in [0, 0.1) is 0 Å². The van der Waals surface area contributed by atoms with Gasteiger partial charge >= 0.3 is 160 Å². The molecule has 2 aromatic carbocycles. The average Bonchev–Trinajstić information content (AvgIpc) is 2.61. The fraction of sp³-hybridized carbons (Fsp3) is 0.350. The molecule has 24 heavy (non-hydrogen) atoms. The summed E-state index contributed by atoms with van der Waals surface area (Å²) < 4.78 is 2.38. The molecule has 0 bridgehead atoms. The van der Waals surface area contributed by atoms with E-state index in [0.29, 0.717) is 15.0 Å². The van der Waals surface area contributed by atoms with E-state index in [-0.39, 0.29) is 11.9 Å². The number of halogens is 1. The van der Waals surface area contributed by atoms with Crippen molar-refractivity contribution >= 4 is 41.3 Å². The quantitative estimate of drug-likeness (QED) is 0.438. The molecule has 2 aromatic rings. The Morgan fingerprint density at radius 1 is 1.08 bits per heavy atom. The van der Waals surface area contributed by atoms with Crippen LogP contribution in [0.1, 0.15) is 43.0 Å². The molecule has 0 saturated heterocycles. The summed E-state index contributed by atoms with van der Waals surface area (Å²) in [6.45, 7) is 2.21. The number of rotatable bonds is 9. The van der Waals surface area contributed by atoms with Gasteiger partial charge in [-0.1, -0.05) is 0 Å². The number of carbonyl (C=O) groups is 1. The van der Waals surface area contributed by atoms with Gasteiger partial charge in [-0.2, -0.15) is 0 Å². The number of benzene rings is 2. The summed E-state index contributed by atoms with van der Waals surface area (Å²) in [5, 5.41) is 4.29. The van der Waals surface area contributed by atoms with Crippen LogP contribution >= 0.6 is 15.9 Å². The van der Waals surface area contributed by atoms with Gasteiger partial charge in [-0.15, -0.1) is 0 Å². The van der Waals surface area contributed by atoms with Crippen LogP contribution in [0.5, 0.6) is 0 Å². The van der Waals surface area contributed by atoms with Crippen molar-refractivity contribution in [3.63, 3.8) is 0 Å². The van der Waals surface area contributed by atoms with Crippen molar-refractivity contribution in [2.75, 3.05) is 0 Å². The van der Waals surface area contributed by atoms with E-state index in [9.17, 15) is 4.79 Å². The van der Waals surface area contributed by atoms with E-state index in [1.807, 2.05) is 30.3 Å². The maximum atomic E-state index is 12.5. The zero-order valence-electron chi connectivity index (χ0n) is 14.0. The second-order valence-corrected chi connectivity index (χ2v) is 9.01. The topological polar surface area (TPSA) is 29.1 Å². The molecule has 0 spiro atoms. The van der Waals surface area contributed by atoms with Crippen molar-refractivity contribution in [1.82, 2.24) is 5.32 Å². The van der Waals surface area contributed by atoms with Crippen molar-refractivity contribution in [2.24, 2.45) is 0 Å². The Morgan fingerprint density at radius 3 is 2.46 bits per heavy atom. The summed E-state index contributed by atoms with van der Waals surface area (Å²) in [6.07, 6.45) is 4.66. The summed E-state index contributed by atoms with van der Waals surface area (Å²) in [5.74, 6) is 0.0351. The van der Waals surface area contributed by atoms with E-state index < -0.39 is 0 Å². The van der Waals surface area contributed by atoms with Crippen molar-refractivity contribution < 1.29 is 4.79 Å². The van der Waals surface area contributed by atoms with Crippen LogP contribution in [0.15, 0.2) is 59.1 Å². The third-order valence-electron chi connectivity index (χ3n) is 3.79. The van der Waals surface area contributed by atoms with Crippen molar-refractivity contribution in [3.8, 4) is 0 Å². The van der Waals surface area contributed by atoms with Gasteiger partial charge in [0.1, 0.15) is 0 Å². The van der Waals surface area contributed by atoms with Gasteiger partial charge < -0.3 is 0 Å². The van der Waals surface area contributed by atoms with Crippen molar-refractivity contribution in [2.45, 2.75) is 44.0 Å². The zero-order valence-corrected chi connectivity index (χ0v) is 17.3. The molecule has 0 heterocycles. The van der Waals surface area contributed by atoms with Gasteiger partial charge in [0.25, 0.3) is 0 Å². The number of carbonyl (C=O) groups excluding carboxylic acids is 1. The second-order valence-electron chi connectivity index (χ2n) is 5.80. The van der Waals surface area contributed by atoms with Crippen molar-refractivity contribution in [1.29, 1.82) is 0 Å². The fourth-order valence-electron chi connectivity index (χ4n) is 2.42. The first kappa shape index (κ1) is 19.2. The molecule has 0 aliphatic heterocycles. The molecule has 0 aromatic heterocycles. The molecule has 0 saturated carbocycles. The van der Waals surface area contributed by atoms with E-state index in [4.69, 9.17) is 0 Å². The van der Waals surface area contributed by atoms with Crippen LogP contribution in [0.25, 0.3) is 0 Å². The van der Waals surface area contributed by atoms with E-state index >= 15 is 0 Å². The molecule has 1 unspecified atom stereocenters. The molecule has 1 atom stereocenters. The maximum absolute atomic E-state index is 12.5.